The van der Waals surface area contributed by atoms with Crippen LogP contribution in [0.15, 0.2) is 48.5 Å². The van der Waals surface area contributed by atoms with Gasteiger partial charge in [0, 0.05) is 23.7 Å². The summed E-state index contributed by atoms with van der Waals surface area (Å²) in [5.41, 5.74) is 2.85. The fourth-order valence-corrected chi connectivity index (χ4v) is 4.74. The average molecular weight is 386 g/mol. The van der Waals surface area contributed by atoms with Crippen molar-refractivity contribution in [1.29, 1.82) is 0 Å². The molecule has 2 amide bonds. The van der Waals surface area contributed by atoms with Gasteiger partial charge in [-0.3, -0.25) is 9.59 Å². The molecule has 7 heteroatoms. The van der Waals surface area contributed by atoms with Crippen LogP contribution in [0.4, 0.5) is 0 Å². The molecule has 142 valence electrons. The van der Waals surface area contributed by atoms with E-state index < -0.39 is 9.84 Å². The van der Waals surface area contributed by atoms with E-state index in [9.17, 15) is 18.0 Å². The van der Waals surface area contributed by atoms with Crippen molar-refractivity contribution >= 4 is 21.7 Å². The molecule has 1 aliphatic rings. The van der Waals surface area contributed by atoms with Gasteiger partial charge in [0.05, 0.1) is 11.5 Å². The first kappa shape index (κ1) is 19.1. The highest BCUT2D eigenvalue weighted by Gasteiger charge is 2.29. The summed E-state index contributed by atoms with van der Waals surface area (Å²) in [4.78, 5) is 24.8. The van der Waals surface area contributed by atoms with Crippen LogP contribution in [0.5, 0.6) is 0 Å². The monoisotopic (exact) mass is 386 g/mol. The summed E-state index contributed by atoms with van der Waals surface area (Å²) in [6.45, 7) is 2.39. The number of carbonyl (C=O) groups is 2. The Bertz CT molecular complexity index is 969. The van der Waals surface area contributed by atoms with Gasteiger partial charge < -0.3 is 10.6 Å². The number of nitrogens with one attached hydrogen (secondary N) is 2. The van der Waals surface area contributed by atoms with Crippen LogP contribution in [0, 0.1) is 6.92 Å². The lowest BCUT2D eigenvalue weighted by Gasteiger charge is -2.12. The molecule has 3 rings (SSSR count). The lowest BCUT2D eigenvalue weighted by atomic mass is 10.1. The van der Waals surface area contributed by atoms with Crippen LogP contribution in [-0.4, -0.2) is 37.8 Å². The Labute approximate surface area is 158 Å². The Hall–Kier alpha value is -2.67. The Morgan fingerprint density at radius 1 is 1.04 bits per heavy atom. The Morgan fingerprint density at radius 2 is 1.74 bits per heavy atom. The lowest BCUT2D eigenvalue weighted by Crippen LogP contribution is -2.35. The first-order valence-corrected chi connectivity index (χ1v) is 10.6. The normalized spacial score (nSPS) is 18.0. The largest absolute Gasteiger partial charge is 0.348 e. The number of benzene rings is 2. The van der Waals surface area contributed by atoms with Gasteiger partial charge in [0.15, 0.2) is 9.84 Å². The molecule has 1 heterocycles. The van der Waals surface area contributed by atoms with E-state index in [-0.39, 0.29) is 29.4 Å². The molecule has 1 aliphatic heterocycles. The molecule has 1 atom stereocenters. The smallest absolute Gasteiger partial charge is 0.251 e. The third kappa shape index (κ3) is 4.95. The number of carbonyl (C=O) groups excluding carboxylic acids is 2. The fraction of sp³-hybridized carbons (Fsp3) is 0.300. The van der Waals surface area contributed by atoms with Gasteiger partial charge in [-0.05, 0) is 42.7 Å². The second kappa shape index (κ2) is 7.92. The van der Waals surface area contributed by atoms with Crippen LogP contribution in [-0.2, 0) is 16.4 Å². The standard InChI is InChI=1S/C20H22N2O4S/c1-14-5-2-3-6-17(14)12-21-19(23)15-7-4-8-16(11-15)20(24)22-18-9-10-27(25,26)13-18/h2-8,11,18H,9-10,12-13H2,1H3,(H,21,23)(H,22,24). The van der Waals surface area contributed by atoms with E-state index in [1.165, 1.54) is 6.07 Å². The summed E-state index contributed by atoms with van der Waals surface area (Å²) >= 11 is 0. The molecule has 2 aromatic rings. The molecule has 27 heavy (non-hydrogen) atoms. The summed E-state index contributed by atoms with van der Waals surface area (Å²) in [6.07, 6.45) is 0.421. The van der Waals surface area contributed by atoms with E-state index in [2.05, 4.69) is 10.6 Å². The molecule has 0 radical (unpaired) electrons. The quantitative estimate of drug-likeness (QED) is 0.820. The molecule has 0 aromatic heterocycles. The van der Waals surface area contributed by atoms with Gasteiger partial charge in [0.2, 0.25) is 0 Å². The first-order valence-electron chi connectivity index (χ1n) is 8.78. The highest BCUT2D eigenvalue weighted by Crippen LogP contribution is 2.13. The van der Waals surface area contributed by atoms with E-state index in [0.29, 0.717) is 24.1 Å². The van der Waals surface area contributed by atoms with Gasteiger partial charge in [0.25, 0.3) is 11.8 Å². The predicted molar refractivity (Wildman–Crippen MR) is 103 cm³/mol. The van der Waals surface area contributed by atoms with Gasteiger partial charge >= 0.3 is 0 Å². The van der Waals surface area contributed by atoms with Gasteiger partial charge in [-0.2, -0.15) is 0 Å². The average Bonchev–Trinajstić information content (AvgIpc) is 2.99. The zero-order valence-electron chi connectivity index (χ0n) is 15.1. The highest BCUT2D eigenvalue weighted by atomic mass is 32.2. The molecule has 6 nitrogen and oxygen atoms in total. The topological polar surface area (TPSA) is 92.3 Å². The molecule has 1 saturated heterocycles. The summed E-state index contributed by atoms with van der Waals surface area (Å²) in [7, 11) is -3.06. The highest BCUT2D eigenvalue weighted by molar-refractivity contribution is 7.91. The van der Waals surface area contributed by atoms with Crippen LogP contribution in [0.2, 0.25) is 0 Å². The summed E-state index contributed by atoms with van der Waals surface area (Å²) in [5, 5.41) is 5.59. The third-order valence-electron chi connectivity index (χ3n) is 4.66. The van der Waals surface area contributed by atoms with E-state index in [0.717, 1.165) is 11.1 Å². The maximum atomic E-state index is 12.4. The molecule has 2 N–H and O–H groups in total. The van der Waals surface area contributed by atoms with Crippen molar-refractivity contribution in [1.82, 2.24) is 10.6 Å². The van der Waals surface area contributed by atoms with Crippen molar-refractivity contribution < 1.29 is 18.0 Å². The van der Waals surface area contributed by atoms with E-state index in [1.54, 1.807) is 18.2 Å². The van der Waals surface area contributed by atoms with Crippen molar-refractivity contribution in [3.8, 4) is 0 Å². The maximum Gasteiger partial charge on any atom is 0.251 e. The molecule has 0 saturated carbocycles. The summed E-state index contributed by atoms with van der Waals surface area (Å²) in [5.74, 6) is -0.573. The van der Waals surface area contributed by atoms with Crippen molar-refractivity contribution in [2.45, 2.75) is 25.9 Å². The van der Waals surface area contributed by atoms with E-state index in [1.807, 2.05) is 31.2 Å². The van der Waals surface area contributed by atoms with Crippen molar-refractivity contribution in [3.05, 3.63) is 70.8 Å². The van der Waals surface area contributed by atoms with Gasteiger partial charge in [-0.1, -0.05) is 30.3 Å². The van der Waals surface area contributed by atoms with Crippen LogP contribution in [0.3, 0.4) is 0 Å². The molecule has 0 spiro atoms. The Morgan fingerprint density at radius 3 is 2.41 bits per heavy atom. The number of amides is 2. The minimum atomic E-state index is -3.06. The van der Waals surface area contributed by atoms with Gasteiger partial charge in [-0.15, -0.1) is 0 Å². The minimum absolute atomic E-state index is 0.0324. The van der Waals surface area contributed by atoms with Crippen LogP contribution in [0.1, 0.15) is 38.3 Å². The van der Waals surface area contributed by atoms with Gasteiger partial charge in [-0.25, -0.2) is 8.42 Å². The summed E-state index contributed by atoms with van der Waals surface area (Å²) < 4.78 is 23.0. The van der Waals surface area contributed by atoms with Crippen LogP contribution < -0.4 is 10.6 Å². The van der Waals surface area contributed by atoms with Crippen molar-refractivity contribution in [2.75, 3.05) is 11.5 Å². The molecule has 0 bridgehead atoms. The molecular formula is C20H22N2O4S. The molecule has 1 unspecified atom stereocenters. The molecule has 0 aliphatic carbocycles. The number of rotatable bonds is 5. The second-order valence-electron chi connectivity index (χ2n) is 6.76. The number of hydrogen-bond acceptors (Lipinski definition) is 4. The van der Waals surface area contributed by atoms with Crippen LogP contribution >= 0.6 is 0 Å². The molecule has 1 fully saturated rings. The van der Waals surface area contributed by atoms with E-state index in [4.69, 9.17) is 0 Å². The fourth-order valence-electron chi connectivity index (χ4n) is 3.07. The van der Waals surface area contributed by atoms with Gasteiger partial charge in [0.1, 0.15) is 0 Å². The number of hydrogen-bond donors (Lipinski definition) is 2. The third-order valence-corrected chi connectivity index (χ3v) is 6.42. The maximum absolute atomic E-state index is 12.4. The zero-order chi connectivity index (χ0) is 19.4. The van der Waals surface area contributed by atoms with Crippen molar-refractivity contribution in [3.63, 3.8) is 0 Å². The van der Waals surface area contributed by atoms with Crippen molar-refractivity contribution in [2.24, 2.45) is 0 Å². The van der Waals surface area contributed by atoms with Crippen LogP contribution in [0.25, 0.3) is 0 Å². The lowest BCUT2D eigenvalue weighted by molar-refractivity contribution is 0.0941. The molecule has 2 aromatic carbocycles. The SMILES string of the molecule is Cc1ccccc1CNC(=O)c1cccc(C(=O)NC2CCS(=O)(=O)C2)c1. The number of aryl methyl sites for hydroxylation is 1. The number of sulfone groups is 1. The first-order chi connectivity index (χ1) is 12.8. The predicted octanol–water partition coefficient (Wildman–Crippen LogP) is 1.84. The summed E-state index contributed by atoms with van der Waals surface area (Å²) in [6, 6.07) is 13.8. The Kier molecular flexibility index (Phi) is 5.60. The minimum Gasteiger partial charge on any atom is -0.348 e. The van der Waals surface area contributed by atoms with E-state index >= 15 is 0 Å². The molecular weight excluding hydrogens is 364 g/mol. The second-order valence-corrected chi connectivity index (χ2v) is 8.99. The Balaban J connectivity index is 1.63. The zero-order valence-corrected chi connectivity index (χ0v) is 15.9.